The molecule has 1 fully saturated rings. The van der Waals surface area contributed by atoms with Gasteiger partial charge in [0.2, 0.25) is 0 Å². The van der Waals surface area contributed by atoms with Crippen LogP contribution in [0.25, 0.3) is 0 Å². The Kier molecular flexibility index (Phi) is 6.60. The van der Waals surface area contributed by atoms with Gasteiger partial charge in [0.15, 0.2) is 0 Å². The number of hydrogen-bond acceptors (Lipinski definition) is 5. The first-order valence-electron chi connectivity index (χ1n) is 6.88. The van der Waals surface area contributed by atoms with Gasteiger partial charge in [-0.25, -0.2) is 0 Å². The molecule has 1 saturated heterocycles. The normalized spacial score (nSPS) is 21.6. The lowest BCUT2D eigenvalue weighted by Gasteiger charge is -2.38. The van der Waals surface area contributed by atoms with Gasteiger partial charge in [-0.05, 0) is 19.8 Å². The van der Waals surface area contributed by atoms with Crippen LogP contribution in [0.4, 0.5) is 0 Å². The maximum atomic E-state index is 11.2. The SMILES string of the molecule is CCC(C)N1CCN(CCC(N)C(=O)OC)CC1. The Morgan fingerprint density at radius 3 is 2.44 bits per heavy atom. The average Bonchev–Trinajstić information content (AvgIpc) is 2.43. The lowest BCUT2D eigenvalue weighted by Crippen LogP contribution is -2.50. The van der Waals surface area contributed by atoms with Crippen molar-refractivity contribution in [2.75, 3.05) is 39.8 Å². The van der Waals surface area contributed by atoms with Crippen LogP contribution in [0.3, 0.4) is 0 Å². The molecule has 0 aromatic rings. The molecule has 0 aromatic heterocycles. The quantitative estimate of drug-likeness (QED) is 0.693. The van der Waals surface area contributed by atoms with Crippen LogP contribution in [0.2, 0.25) is 0 Å². The molecule has 0 amide bonds. The van der Waals surface area contributed by atoms with Gasteiger partial charge >= 0.3 is 5.97 Å². The number of carbonyl (C=O) groups excluding carboxylic acids is 1. The van der Waals surface area contributed by atoms with Gasteiger partial charge in [0.1, 0.15) is 6.04 Å². The lowest BCUT2D eigenvalue weighted by molar-refractivity contribution is -0.142. The Morgan fingerprint density at radius 2 is 1.94 bits per heavy atom. The number of methoxy groups -OCH3 is 1. The fourth-order valence-electron chi connectivity index (χ4n) is 2.28. The molecule has 5 nitrogen and oxygen atoms in total. The third kappa shape index (κ3) is 4.55. The summed E-state index contributed by atoms with van der Waals surface area (Å²) in [7, 11) is 1.38. The standard InChI is InChI=1S/C13H27N3O2/c1-4-11(2)16-9-7-15(8-10-16)6-5-12(14)13(17)18-3/h11-12H,4-10,14H2,1-3H3. The first kappa shape index (κ1) is 15.4. The molecular formula is C13H27N3O2. The van der Waals surface area contributed by atoms with E-state index in [1.165, 1.54) is 13.5 Å². The molecule has 1 aliphatic rings. The van der Waals surface area contributed by atoms with Crippen LogP contribution in [-0.4, -0.2) is 67.7 Å². The second-order valence-corrected chi connectivity index (χ2v) is 5.05. The second kappa shape index (κ2) is 7.71. The number of rotatable bonds is 6. The highest BCUT2D eigenvalue weighted by molar-refractivity contribution is 5.75. The zero-order valence-electron chi connectivity index (χ0n) is 11.9. The minimum absolute atomic E-state index is 0.312. The molecule has 0 spiro atoms. The van der Waals surface area contributed by atoms with Crippen molar-refractivity contribution in [3.63, 3.8) is 0 Å². The molecule has 5 heteroatoms. The smallest absolute Gasteiger partial charge is 0.322 e. The van der Waals surface area contributed by atoms with Crippen LogP contribution in [0, 0.1) is 0 Å². The van der Waals surface area contributed by atoms with Gasteiger partial charge in [-0.1, -0.05) is 6.92 Å². The van der Waals surface area contributed by atoms with Crippen LogP contribution >= 0.6 is 0 Å². The minimum Gasteiger partial charge on any atom is -0.468 e. The first-order valence-corrected chi connectivity index (χ1v) is 6.88. The predicted molar refractivity (Wildman–Crippen MR) is 72.4 cm³/mol. The summed E-state index contributed by atoms with van der Waals surface area (Å²) in [6, 6.07) is 0.187. The van der Waals surface area contributed by atoms with E-state index >= 15 is 0 Å². The number of piperazine rings is 1. The molecule has 18 heavy (non-hydrogen) atoms. The molecule has 0 radical (unpaired) electrons. The summed E-state index contributed by atoms with van der Waals surface area (Å²) in [5.41, 5.74) is 5.73. The molecule has 2 N–H and O–H groups in total. The predicted octanol–water partition coefficient (Wildman–Crippen LogP) is 0.293. The molecule has 106 valence electrons. The minimum atomic E-state index is -0.484. The molecule has 0 saturated carbocycles. The van der Waals surface area contributed by atoms with E-state index in [9.17, 15) is 4.79 Å². The molecule has 2 atom stereocenters. The Morgan fingerprint density at radius 1 is 1.33 bits per heavy atom. The third-order valence-electron chi connectivity index (χ3n) is 3.88. The van der Waals surface area contributed by atoms with Crippen molar-refractivity contribution in [3.8, 4) is 0 Å². The van der Waals surface area contributed by atoms with Gasteiger partial charge in [-0.15, -0.1) is 0 Å². The van der Waals surface area contributed by atoms with E-state index in [2.05, 4.69) is 28.4 Å². The zero-order chi connectivity index (χ0) is 13.5. The number of carbonyl (C=O) groups is 1. The van der Waals surface area contributed by atoms with Crippen molar-refractivity contribution in [1.29, 1.82) is 0 Å². The van der Waals surface area contributed by atoms with Crippen molar-refractivity contribution >= 4 is 5.97 Å². The van der Waals surface area contributed by atoms with Crippen LogP contribution in [-0.2, 0) is 9.53 Å². The number of ether oxygens (including phenoxy) is 1. The van der Waals surface area contributed by atoms with E-state index in [0.717, 1.165) is 32.7 Å². The summed E-state index contributed by atoms with van der Waals surface area (Å²) in [5.74, 6) is -0.312. The zero-order valence-corrected chi connectivity index (χ0v) is 11.9. The van der Waals surface area contributed by atoms with Crippen molar-refractivity contribution in [3.05, 3.63) is 0 Å². The van der Waals surface area contributed by atoms with Crippen LogP contribution < -0.4 is 5.73 Å². The van der Waals surface area contributed by atoms with E-state index in [1.54, 1.807) is 0 Å². The summed E-state index contributed by atoms with van der Waals surface area (Å²) in [6.07, 6.45) is 1.88. The van der Waals surface area contributed by atoms with E-state index in [0.29, 0.717) is 12.5 Å². The Balaban J connectivity index is 2.21. The summed E-state index contributed by atoms with van der Waals surface area (Å²) in [5, 5.41) is 0. The Bertz CT molecular complexity index is 253. The summed E-state index contributed by atoms with van der Waals surface area (Å²) >= 11 is 0. The summed E-state index contributed by atoms with van der Waals surface area (Å²) in [6.45, 7) is 9.75. The van der Waals surface area contributed by atoms with Gasteiger partial charge in [-0.3, -0.25) is 9.69 Å². The van der Waals surface area contributed by atoms with Crippen LogP contribution in [0.5, 0.6) is 0 Å². The summed E-state index contributed by atoms with van der Waals surface area (Å²) < 4.78 is 4.62. The largest absolute Gasteiger partial charge is 0.468 e. The first-order chi connectivity index (χ1) is 8.58. The Hall–Kier alpha value is -0.650. The highest BCUT2D eigenvalue weighted by Gasteiger charge is 2.21. The summed E-state index contributed by atoms with van der Waals surface area (Å²) in [4.78, 5) is 16.1. The molecule has 0 aromatic carbocycles. The van der Waals surface area contributed by atoms with Gasteiger partial charge in [0.05, 0.1) is 7.11 Å². The number of hydrogen-bond donors (Lipinski definition) is 1. The van der Waals surface area contributed by atoms with Gasteiger partial charge < -0.3 is 15.4 Å². The molecule has 2 unspecified atom stereocenters. The fourth-order valence-corrected chi connectivity index (χ4v) is 2.28. The van der Waals surface area contributed by atoms with Gasteiger partial charge in [-0.2, -0.15) is 0 Å². The van der Waals surface area contributed by atoms with Gasteiger partial charge in [0.25, 0.3) is 0 Å². The fraction of sp³-hybridized carbons (Fsp3) is 0.923. The monoisotopic (exact) mass is 257 g/mol. The highest BCUT2D eigenvalue weighted by atomic mass is 16.5. The van der Waals surface area contributed by atoms with Crippen molar-refractivity contribution in [2.24, 2.45) is 5.73 Å². The highest BCUT2D eigenvalue weighted by Crippen LogP contribution is 2.09. The van der Waals surface area contributed by atoms with Crippen molar-refractivity contribution in [2.45, 2.75) is 38.8 Å². The maximum absolute atomic E-state index is 11.2. The third-order valence-corrected chi connectivity index (χ3v) is 3.88. The molecule has 1 aliphatic heterocycles. The molecule has 0 bridgehead atoms. The van der Waals surface area contributed by atoms with E-state index < -0.39 is 6.04 Å². The topological polar surface area (TPSA) is 58.8 Å². The average molecular weight is 257 g/mol. The van der Waals surface area contributed by atoms with Crippen LogP contribution in [0.1, 0.15) is 26.7 Å². The number of nitrogens with two attached hydrogens (primary N) is 1. The van der Waals surface area contributed by atoms with Crippen molar-refractivity contribution < 1.29 is 9.53 Å². The lowest BCUT2D eigenvalue weighted by atomic mass is 10.1. The van der Waals surface area contributed by atoms with E-state index in [-0.39, 0.29) is 5.97 Å². The number of nitrogens with zero attached hydrogens (tertiary/aromatic N) is 2. The van der Waals surface area contributed by atoms with E-state index in [4.69, 9.17) is 5.73 Å². The second-order valence-electron chi connectivity index (χ2n) is 5.05. The molecule has 1 rings (SSSR count). The number of esters is 1. The van der Waals surface area contributed by atoms with E-state index in [1.807, 2.05) is 0 Å². The maximum Gasteiger partial charge on any atom is 0.322 e. The van der Waals surface area contributed by atoms with Crippen LogP contribution in [0.15, 0.2) is 0 Å². The molecule has 0 aliphatic carbocycles. The van der Waals surface area contributed by atoms with Crippen molar-refractivity contribution in [1.82, 2.24) is 9.80 Å². The van der Waals surface area contributed by atoms with Gasteiger partial charge in [0, 0.05) is 38.8 Å². The molecular weight excluding hydrogens is 230 g/mol. The Labute approximate surface area is 110 Å². The molecule has 1 heterocycles.